The van der Waals surface area contributed by atoms with E-state index in [0.717, 1.165) is 12.3 Å². The molecule has 0 radical (unpaired) electrons. The molecule has 1 aliphatic carbocycles. The number of rotatable bonds is 6. The van der Waals surface area contributed by atoms with Gasteiger partial charge in [-0.1, -0.05) is 62.9 Å². The molecule has 2 nitrogen and oxygen atoms in total. The Balaban J connectivity index is 2.09. The predicted molar refractivity (Wildman–Crippen MR) is 89.3 cm³/mol. The van der Waals surface area contributed by atoms with E-state index >= 15 is 0 Å². The number of hydrogen-bond donors (Lipinski definition) is 1. The van der Waals surface area contributed by atoms with Gasteiger partial charge < -0.3 is 10.5 Å². The Morgan fingerprint density at radius 3 is 2.76 bits per heavy atom. The highest BCUT2D eigenvalue weighted by Gasteiger charge is 2.27. The van der Waals surface area contributed by atoms with E-state index in [4.69, 9.17) is 10.5 Å². The minimum atomic E-state index is 0.0375. The van der Waals surface area contributed by atoms with Gasteiger partial charge >= 0.3 is 0 Å². The lowest BCUT2D eigenvalue weighted by Gasteiger charge is -2.34. The third-order valence-corrected chi connectivity index (χ3v) is 4.88. The van der Waals surface area contributed by atoms with Crippen LogP contribution in [0.5, 0.6) is 0 Å². The molecule has 0 spiro atoms. The van der Waals surface area contributed by atoms with Crippen LogP contribution in [0.3, 0.4) is 0 Å². The largest absolute Gasteiger partial charge is 0.369 e. The molecule has 2 rings (SSSR count). The lowest BCUT2D eigenvalue weighted by atomic mass is 9.85. The van der Waals surface area contributed by atoms with Gasteiger partial charge in [-0.15, -0.1) is 0 Å². The van der Waals surface area contributed by atoms with E-state index in [1.165, 1.54) is 43.2 Å². The topological polar surface area (TPSA) is 35.2 Å². The summed E-state index contributed by atoms with van der Waals surface area (Å²) in [6.45, 7) is 6.57. The molecule has 4 unspecified atom stereocenters. The first-order valence-electron chi connectivity index (χ1n) is 8.61. The summed E-state index contributed by atoms with van der Waals surface area (Å²) in [6.07, 6.45) is 7.69. The summed E-state index contributed by atoms with van der Waals surface area (Å²) in [6, 6.07) is 8.70. The highest BCUT2D eigenvalue weighted by molar-refractivity contribution is 5.25. The second-order valence-corrected chi connectivity index (χ2v) is 6.61. The zero-order valence-corrected chi connectivity index (χ0v) is 13.8. The number of aryl methyl sites for hydroxylation is 1. The molecule has 1 saturated carbocycles. The number of hydrogen-bond acceptors (Lipinski definition) is 2. The molecule has 1 aromatic carbocycles. The number of ether oxygens (including phenoxy) is 1. The van der Waals surface area contributed by atoms with Gasteiger partial charge in [0.2, 0.25) is 0 Å². The van der Waals surface area contributed by atoms with Gasteiger partial charge in [-0.3, -0.25) is 0 Å². The van der Waals surface area contributed by atoms with Crippen molar-refractivity contribution in [2.45, 2.75) is 77.5 Å². The van der Waals surface area contributed by atoms with Gasteiger partial charge in [-0.2, -0.15) is 0 Å². The zero-order chi connectivity index (χ0) is 15.2. The summed E-state index contributed by atoms with van der Waals surface area (Å²) in [4.78, 5) is 0. The Morgan fingerprint density at radius 2 is 2.10 bits per heavy atom. The van der Waals surface area contributed by atoms with Crippen LogP contribution in [0.2, 0.25) is 0 Å². The summed E-state index contributed by atoms with van der Waals surface area (Å²) < 4.78 is 6.49. The van der Waals surface area contributed by atoms with Gasteiger partial charge in [0, 0.05) is 6.04 Å². The van der Waals surface area contributed by atoms with Crippen molar-refractivity contribution >= 4 is 0 Å². The average Bonchev–Trinajstić information content (AvgIpc) is 2.52. The molecule has 0 amide bonds. The first-order chi connectivity index (χ1) is 10.1. The molecular weight excluding hydrogens is 258 g/mol. The molecule has 2 N–H and O–H groups in total. The molecule has 1 aromatic rings. The van der Waals surface area contributed by atoms with Crippen LogP contribution in [0.1, 0.15) is 69.6 Å². The monoisotopic (exact) mass is 289 g/mol. The van der Waals surface area contributed by atoms with Crippen LogP contribution in [0, 0.1) is 12.8 Å². The van der Waals surface area contributed by atoms with Crippen molar-refractivity contribution in [1.82, 2.24) is 0 Å². The van der Waals surface area contributed by atoms with Crippen LogP contribution in [0.15, 0.2) is 24.3 Å². The Morgan fingerprint density at radius 1 is 1.29 bits per heavy atom. The van der Waals surface area contributed by atoms with Gasteiger partial charge in [0.1, 0.15) is 0 Å². The Kier molecular flexibility index (Phi) is 6.25. The molecule has 0 aromatic heterocycles. The van der Waals surface area contributed by atoms with Crippen LogP contribution < -0.4 is 5.73 Å². The zero-order valence-electron chi connectivity index (χ0n) is 13.8. The van der Waals surface area contributed by atoms with E-state index in [-0.39, 0.29) is 12.1 Å². The molecule has 118 valence electrons. The fourth-order valence-electron chi connectivity index (χ4n) is 3.43. The number of nitrogens with two attached hydrogens (primary N) is 1. The summed E-state index contributed by atoms with van der Waals surface area (Å²) >= 11 is 0. The van der Waals surface area contributed by atoms with Crippen LogP contribution in [0.4, 0.5) is 0 Å². The van der Waals surface area contributed by atoms with Crippen molar-refractivity contribution in [3.63, 3.8) is 0 Å². The van der Waals surface area contributed by atoms with E-state index < -0.39 is 0 Å². The lowest BCUT2D eigenvalue weighted by Crippen LogP contribution is -2.34. The van der Waals surface area contributed by atoms with Crippen LogP contribution in [0.25, 0.3) is 0 Å². The van der Waals surface area contributed by atoms with Gasteiger partial charge in [0.15, 0.2) is 0 Å². The first-order valence-corrected chi connectivity index (χ1v) is 8.61. The SMILES string of the molecule is CCC1CCCC(OC(c2cccc(C)c2)C(N)CC)C1. The van der Waals surface area contributed by atoms with E-state index in [9.17, 15) is 0 Å². The highest BCUT2D eigenvalue weighted by Crippen LogP contribution is 2.33. The molecule has 1 fully saturated rings. The second-order valence-electron chi connectivity index (χ2n) is 6.61. The standard InChI is InChI=1S/C19H31NO/c1-4-15-9-7-11-17(13-15)21-19(18(20)5-2)16-10-6-8-14(3)12-16/h6,8,10,12,15,17-19H,4-5,7,9,11,13,20H2,1-3H3. The quantitative estimate of drug-likeness (QED) is 0.819. The summed E-state index contributed by atoms with van der Waals surface area (Å²) in [7, 11) is 0. The van der Waals surface area contributed by atoms with Gasteiger partial charge in [0.05, 0.1) is 12.2 Å². The molecule has 0 bridgehead atoms. The molecule has 2 heteroatoms. The number of benzene rings is 1. The smallest absolute Gasteiger partial charge is 0.0979 e. The van der Waals surface area contributed by atoms with Crippen molar-refractivity contribution < 1.29 is 4.74 Å². The maximum Gasteiger partial charge on any atom is 0.0979 e. The van der Waals surface area contributed by atoms with E-state index in [1.807, 2.05) is 0 Å². The van der Waals surface area contributed by atoms with Crippen LogP contribution in [-0.4, -0.2) is 12.1 Å². The summed E-state index contributed by atoms with van der Waals surface area (Å²) in [5, 5.41) is 0. The van der Waals surface area contributed by atoms with E-state index in [2.05, 4.69) is 45.0 Å². The predicted octanol–water partition coefficient (Wildman–Crippen LogP) is 4.76. The summed E-state index contributed by atoms with van der Waals surface area (Å²) in [5.74, 6) is 0.833. The lowest BCUT2D eigenvalue weighted by molar-refractivity contribution is -0.0536. The van der Waals surface area contributed by atoms with Crippen LogP contribution in [-0.2, 0) is 4.74 Å². The maximum absolute atomic E-state index is 6.49. The average molecular weight is 289 g/mol. The first kappa shape index (κ1) is 16.5. The minimum absolute atomic E-state index is 0.0375. The molecule has 0 aliphatic heterocycles. The van der Waals surface area contributed by atoms with Crippen molar-refractivity contribution in [1.29, 1.82) is 0 Å². The fraction of sp³-hybridized carbons (Fsp3) is 0.684. The van der Waals surface area contributed by atoms with E-state index in [0.29, 0.717) is 6.10 Å². The third kappa shape index (κ3) is 4.55. The maximum atomic E-state index is 6.49. The molecule has 4 atom stereocenters. The minimum Gasteiger partial charge on any atom is -0.369 e. The Bertz CT molecular complexity index is 431. The molecule has 1 aliphatic rings. The molecule has 0 heterocycles. The van der Waals surface area contributed by atoms with Crippen molar-refractivity contribution in [2.75, 3.05) is 0 Å². The Labute approximate surface area is 130 Å². The normalized spacial score (nSPS) is 25.5. The van der Waals surface area contributed by atoms with Crippen molar-refractivity contribution in [2.24, 2.45) is 11.7 Å². The van der Waals surface area contributed by atoms with Gasteiger partial charge in [-0.25, -0.2) is 0 Å². The van der Waals surface area contributed by atoms with Crippen LogP contribution >= 0.6 is 0 Å². The fourth-order valence-corrected chi connectivity index (χ4v) is 3.43. The molecule has 0 saturated heterocycles. The van der Waals surface area contributed by atoms with Crippen molar-refractivity contribution in [3.8, 4) is 0 Å². The molecule has 21 heavy (non-hydrogen) atoms. The summed E-state index contributed by atoms with van der Waals surface area (Å²) in [5.41, 5.74) is 8.87. The van der Waals surface area contributed by atoms with Gasteiger partial charge in [0.25, 0.3) is 0 Å². The molecular formula is C19H31NO. The Hall–Kier alpha value is -0.860. The van der Waals surface area contributed by atoms with Crippen molar-refractivity contribution in [3.05, 3.63) is 35.4 Å². The van der Waals surface area contributed by atoms with Gasteiger partial charge in [-0.05, 0) is 37.7 Å². The second kappa shape index (κ2) is 7.95. The highest BCUT2D eigenvalue weighted by atomic mass is 16.5. The van der Waals surface area contributed by atoms with E-state index in [1.54, 1.807) is 0 Å². The third-order valence-electron chi connectivity index (χ3n) is 4.88.